The summed E-state index contributed by atoms with van der Waals surface area (Å²) in [7, 11) is 0. The fraction of sp³-hybridized carbons (Fsp3) is 0.571. The van der Waals surface area contributed by atoms with Crippen LogP contribution in [0.5, 0.6) is 5.75 Å². The van der Waals surface area contributed by atoms with Crippen LogP contribution in [0.25, 0.3) is 0 Å². The average Bonchev–Trinajstić information content (AvgIpc) is 2.68. The highest BCUT2D eigenvalue weighted by atomic mass is 35.5. The largest absolute Gasteiger partial charge is 0.573 e. The summed E-state index contributed by atoms with van der Waals surface area (Å²) in [6, 6.07) is 6.54. The third-order valence-corrected chi connectivity index (χ3v) is 3.64. The van der Waals surface area contributed by atoms with Gasteiger partial charge in [-0.1, -0.05) is 12.1 Å². The summed E-state index contributed by atoms with van der Waals surface area (Å²) in [6.07, 6.45) is -3.61. The van der Waals surface area contributed by atoms with Crippen molar-refractivity contribution in [2.45, 2.75) is 32.3 Å². The van der Waals surface area contributed by atoms with E-state index >= 15 is 0 Å². The third-order valence-electron chi connectivity index (χ3n) is 3.64. The van der Waals surface area contributed by atoms with Crippen molar-refractivity contribution in [1.82, 2.24) is 4.90 Å². The molecule has 120 valence electrons. The van der Waals surface area contributed by atoms with Gasteiger partial charge in [-0.2, -0.15) is 0 Å². The maximum absolute atomic E-state index is 12.2. The molecule has 2 unspecified atom stereocenters. The molecule has 21 heavy (non-hydrogen) atoms. The third kappa shape index (κ3) is 5.37. The number of halogens is 4. The minimum atomic E-state index is -4.65. The van der Waals surface area contributed by atoms with Crippen LogP contribution in [0, 0.1) is 5.92 Å². The van der Waals surface area contributed by atoms with Crippen LogP contribution in [0.4, 0.5) is 13.2 Å². The quantitative estimate of drug-likeness (QED) is 0.924. The van der Waals surface area contributed by atoms with Gasteiger partial charge in [-0.25, -0.2) is 0 Å². The first-order valence-electron chi connectivity index (χ1n) is 6.66. The zero-order valence-electron chi connectivity index (χ0n) is 11.8. The molecule has 3 nitrogen and oxygen atoms in total. The fourth-order valence-electron chi connectivity index (χ4n) is 2.68. The molecule has 0 aromatic heterocycles. The van der Waals surface area contributed by atoms with Crippen LogP contribution in [0.1, 0.15) is 18.9 Å². The second-order valence-electron chi connectivity index (χ2n) is 5.31. The van der Waals surface area contributed by atoms with Crippen LogP contribution in [0.15, 0.2) is 24.3 Å². The Morgan fingerprint density at radius 2 is 2.10 bits per heavy atom. The van der Waals surface area contributed by atoms with Crippen molar-refractivity contribution in [3.05, 3.63) is 29.8 Å². The summed E-state index contributed by atoms with van der Waals surface area (Å²) < 4.78 is 40.5. The van der Waals surface area contributed by atoms with E-state index < -0.39 is 6.36 Å². The molecule has 0 bridgehead atoms. The van der Waals surface area contributed by atoms with Crippen LogP contribution in [-0.4, -0.2) is 30.4 Å². The molecule has 1 aromatic rings. The highest BCUT2D eigenvalue weighted by molar-refractivity contribution is 5.85. The number of nitrogens with two attached hydrogens (primary N) is 1. The predicted octanol–water partition coefficient (Wildman–Crippen LogP) is 3.18. The van der Waals surface area contributed by atoms with E-state index in [1.807, 2.05) is 6.07 Å². The highest BCUT2D eigenvalue weighted by Gasteiger charge is 2.31. The summed E-state index contributed by atoms with van der Waals surface area (Å²) in [6.45, 7) is 4.28. The van der Waals surface area contributed by atoms with Gasteiger partial charge in [0, 0.05) is 19.1 Å². The number of hydrogen-bond acceptors (Lipinski definition) is 3. The van der Waals surface area contributed by atoms with Crippen LogP contribution in [0.2, 0.25) is 0 Å². The van der Waals surface area contributed by atoms with Crippen LogP contribution < -0.4 is 10.5 Å². The zero-order valence-corrected chi connectivity index (χ0v) is 12.6. The van der Waals surface area contributed by atoms with Gasteiger partial charge >= 0.3 is 6.36 Å². The molecule has 1 heterocycles. The van der Waals surface area contributed by atoms with Crippen LogP contribution in [0.3, 0.4) is 0 Å². The maximum Gasteiger partial charge on any atom is 0.573 e. The molecule has 0 spiro atoms. The Morgan fingerprint density at radius 3 is 2.67 bits per heavy atom. The van der Waals surface area contributed by atoms with Crippen LogP contribution in [-0.2, 0) is 6.54 Å². The zero-order chi connectivity index (χ0) is 14.8. The lowest BCUT2D eigenvalue weighted by Crippen LogP contribution is -2.27. The number of likely N-dealkylation sites (tertiary alicyclic amines) is 1. The van der Waals surface area contributed by atoms with Gasteiger partial charge in [0.25, 0.3) is 0 Å². The lowest BCUT2D eigenvalue weighted by atomic mass is 10.1. The molecule has 1 saturated heterocycles. The minimum Gasteiger partial charge on any atom is -0.406 e. The molecule has 1 aromatic carbocycles. The monoisotopic (exact) mass is 324 g/mol. The van der Waals surface area contributed by atoms with Gasteiger partial charge in [0.1, 0.15) is 5.75 Å². The SMILES string of the molecule is CC1CC(CN)CN1Cc1cccc(OC(F)(F)F)c1.Cl. The Hall–Kier alpha value is -0.980. The van der Waals surface area contributed by atoms with Gasteiger partial charge in [-0.3, -0.25) is 4.90 Å². The number of nitrogens with zero attached hydrogens (tertiary/aromatic N) is 1. The predicted molar refractivity (Wildman–Crippen MR) is 77.4 cm³/mol. The number of benzene rings is 1. The normalized spacial score (nSPS) is 22.9. The highest BCUT2D eigenvalue weighted by Crippen LogP contribution is 2.27. The van der Waals surface area contributed by atoms with Crippen molar-refractivity contribution in [2.24, 2.45) is 11.7 Å². The van der Waals surface area contributed by atoms with E-state index in [0.717, 1.165) is 18.5 Å². The van der Waals surface area contributed by atoms with E-state index in [1.54, 1.807) is 6.07 Å². The standard InChI is InChI=1S/C14H19F3N2O.ClH/c1-10-5-12(7-18)9-19(10)8-11-3-2-4-13(6-11)20-14(15,16)17;/h2-4,6,10,12H,5,7-9,18H2,1H3;1H. The first-order chi connectivity index (χ1) is 9.37. The fourth-order valence-corrected chi connectivity index (χ4v) is 2.68. The molecule has 0 saturated carbocycles. The molecular formula is C14H20ClF3N2O. The Morgan fingerprint density at radius 1 is 1.38 bits per heavy atom. The summed E-state index contributed by atoms with van der Waals surface area (Å²) in [4.78, 5) is 2.24. The van der Waals surface area contributed by atoms with Gasteiger partial charge in [0.15, 0.2) is 0 Å². The van der Waals surface area contributed by atoms with Gasteiger partial charge in [-0.15, -0.1) is 25.6 Å². The molecule has 0 aliphatic carbocycles. The summed E-state index contributed by atoms with van der Waals surface area (Å²) in [5.74, 6) is 0.303. The lowest BCUT2D eigenvalue weighted by molar-refractivity contribution is -0.274. The first-order valence-corrected chi connectivity index (χ1v) is 6.66. The van der Waals surface area contributed by atoms with Crippen molar-refractivity contribution >= 4 is 12.4 Å². The number of hydrogen-bond donors (Lipinski definition) is 1. The van der Waals surface area contributed by atoms with Gasteiger partial charge in [-0.05, 0) is 43.5 Å². The molecule has 0 amide bonds. The molecule has 1 fully saturated rings. The topological polar surface area (TPSA) is 38.5 Å². The average molecular weight is 325 g/mol. The molecule has 2 atom stereocenters. The molecule has 2 N–H and O–H groups in total. The van der Waals surface area contributed by atoms with Gasteiger partial charge in [0.05, 0.1) is 0 Å². The van der Waals surface area contributed by atoms with Gasteiger partial charge < -0.3 is 10.5 Å². The lowest BCUT2D eigenvalue weighted by Gasteiger charge is -2.21. The molecule has 1 aliphatic heterocycles. The smallest absolute Gasteiger partial charge is 0.406 e. The summed E-state index contributed by atoms with van der Waals surface area (Å²) in [5, 5.41) is 0. The summed E-state index contributed by atoms with van der Waals surface area (Å²) in [5.41, 5.74) is 6.49. The van der Waals surface area contributed by atoms with Crippen molar-refractivity contribution in [3.63, 3.8) is 0 Å². The first kappa shape index (κ1) is 18.1. The van der Waals surface area contributed by atoms with Crippen molar-refractivity contribution < 1.29 is 17.9 Å². The van der Waals surface area contributed by atoms with E-state index in [9.17, 15) is 13.2 Å². The summed E-state index contributed by atoms with van der Waals surface area (Å²) >= 11 is 0. The van der Waals surface area contributed by atoms with E-state index in [0.29, 0.717) is 25.0 Å². The van der Waals surface area contributed by atoms with Crippen molar-refractivity contribution in [1.29, 1.82) is 0 Å². The molecule has 2 rings (SSSR count). The molecule has 7 heteroatoms. The van der Waals surface area contributed by atoms with Crippen molar-refractivity contribution in [2.75, 3.05) is 13.1 Å². The van der Waals surface area contributed by atoms with Crippen molar-refractivity contribution in [3.8, 4) is 5.75 Å². The van der Waals surface area contributed by atoms with E-state index in [-0.39, 0.29) is 18.2 Å². The Kier molecular flexibility index (Phi) is 6.31. The minimum absolute atomic E-state index is 0. The van der Waals surface area contributed by atoms with Crippen LogP contribution >= 0.6 is 12.4 Å². The number of ether oxygens (including phenoxy) is 1. The maximum atomic E-state index is 12.2. The Balaban J connectivity index is 0.00000220. The van der Waals surface area contributed by atoms with Gasteiger partial charge in [0.2, 0.25) is 0 Å². The Bertz CT molecular complexity index is 456. The Labute approximate surface area is 128 Å². The second-order valence-corrected chi connectivity index (χ2v) is 5.31. The number of alkyl halides is 3. The van der Waals surface area contributed by atoms with E-state index in [1.165, 1.54) is 12.1 Å². The molecule has 1 aliphatic rings. The molecular weight excluding hydrogens is 305 g/mol. The second kappa shape index (κ2) is 7.33. The van der Waals surface area contributed by atoms with E-state index in [4.69, 9.17) is 5.73 Å². The molecule has 0 radical (unpaired) electrons. The number of rotatable bonds is 4. The van der Waals surface area contributed by atoms with E-state index in [2.05, 4.69) is 16.6 Å².